The van der Waals surface area contributed by atoms with Gasteiger partial charge in [0.15, 0.2) is 0 Å². The molecule has 0 aromatic rings. The van der Waals surface area contributed by atoms with E-state index in [0.29, 0.717) is 5.41 Å². The third-order valence-electron chi connectivity index (χ3n) is 4.37. The molecule has 0 aromatic carbocycles. The van der Waals surface area contributed by atoms with Crippen molar-refractivity contribution in [1.29, 1.82) is 0 Å². The molecule has 0 saturated heterocycles. The Morgan fingerprint density at radius 1 is 1.33 bits per heavy atom. The summed E-state index contributed by atoms with van der Waals surface area (Å²) in [4.78, 5) is 0. The fourth-order valence-electron chi connectivity index (χ4n) is 3.02. The second kappa shape index (κ2) is 5.89. The zero-order chi connectivity index (χ0) is 11.3. The van der Waals surface area contributed by atoms with Crippen LogP contribution < -0.4 is 5.32 Å². The van der Waals surface area contributed by atoms with E-state index in [1.54, 1.807) is 0 Å². The highest BCUT2D eigenvalue weighted by molar-refractivity contribution is 4.92. The van der Waals surface area contributed by atoms with Crippen molar-refractivity contribution >= 4 is 0 Å². The Labute approximate surface area is 96.0 Å². The quantitative estimate of drug-likeness (QED) is 0.700. The second-order valence-electron chi connectivity index (χ2n) is 5.74. The molecule has 15 heavy (non-hydrogen) atoms. The maximum Gasteiger partial charge on any atom is 0.00725 e. The highest BCUT2D eigenvalue weighted by atomic mass is 14.9. The zero-order valence-electron chi connectivity index (χ0n) is 11.1. The van der Waals surface area contributed by atoms with E-state index in [4.69, 9.17) is 0 Å². The van der Waals surface area contributed by atoms with Crippen LogP contribution >= 0.6 is 0 Å². The van der Waals surface area contributed by atoms with Crippen LogP contribution in [0, 0.1) is 11.3 Å². The minimum absolute atomic E-state index is 0.613. The number of rotatable bonds is 6. The molecule has 3 atom stereocenters. The molecule has 3 unspecified atom stereocenters. The predicted molar refractivity (Wildman–Crippen MR) is 68.1 cm³/mol. The summed E-state index contributed by atoms with van der Waals surface area (Å²) in [6.07, 6.45) is 8.22. The fourth-order valence-corrected chi connectivity index (χ4v) is 3.02. The molecule has 0 radical (unpaired) electrons. The average molecular weight is 211 g/mol. The van der Waals surface area contributed by atoms with Gasteiger partial charge in [-0.25, -0.2) is 0 Å². The molecule has 1 aliphatic carbocycles. The molecule has 1 nitrogen and oxygen atoms in total. The monoisotopic (exact) mass is 211 g/mol. The molecule has 0 bridgehead atoms. The number of hydrogen-bond acceptors (Lipinski definition) is 1. The molecule has 1 fully saturated rings. The smallest absolute Gasteiger partial charge is 0.00725 e. The maximum absolute atomic E-state index is 3.68. The summed E-state index contributed by atoms with van der Waals surface area (Å²) in [6, 6.07) is 0.800. The molecule has 1 saturated carbocycles. The molecule has 0 amide bonds. The molecule has 1 N–H and O–H groups in total. The maximum atomic E-state index is 3.68. The molecule has 1 rings (SSSR count). The number of nitrogens with one attached hydrogen (secondary N) is 1. The van der Waals surface area contributed by atoms with E-state index in [9.17, 15) is 0 Å². The molecule has 0 aliphatic heterocycles. The third kappa shape index (κ3) is 3.48. The second-order valence-corrected chi connectivity index (χ2v) is 5.74. The van der Waals surface area contributed by atoms with E-state index in [1.165, 1.54) is 45.1 Å². The lowest BCUT2D eigenvalue weighted by Gasteiger charge is -2.31. The Kier molecular flexibility index (Phi) is 5.11. The van der Waals surface area contributed by atoms with Crippen LogP contribution in [0.4, 0.5) is 0 Å². The van der Waals surface area contributed by atoms with Gasteiger partial charge in [0, 0.05) is 6.04 Å². The zero-order valence-corrected chi connectivity index (χ0v) is 11.1. The van der Waals surface area contributed by atoms with Gasteiger partial charge in [-0.05, 0) is 43.6 Å². The van der Waals surface area contributed by atoms with Gasteiger partial charge < -0.3 is 5.32 Å². The van der Waals surface area contributed by atoms with Crippen LogP contribution in [0.15, 0.2) is 0 Å². The molecular formula is C14H29N. The Morgan fingerprint density at radius 3 is 2.67 bits per heavy atom. The van der Waals surface area contributed by atoms with Crippen molar-refractivity contribution in [3.05, 3.63) is 0 Å². The van der Waals surface area contributed by atoms with Gasteiger partial charge in [-0.2, -0.15) is 0 Å². The van der Waals surface area contributed by atoms with Crippen LogP contribution in [0.1, 0.15) is 66.2 Å². The van der Waals surface area contributed by atoms with Crippen LogP contribution in [0.2, 0.25) is 0 Å². The van der Waals surface area contributed by atoms with Crippen LogP contribution in [0.5, 0.6) is 0 Å². The van der Waals surface area contributed by atoms with Crippen molar-refractivity contribution in [3.63, 3.8) is 0 Å². The van der Waals surface area contributed by atoms with E-state index in [1.807, 2.05) is 0 Å². The third-order valence-corrected chi connectivity index (χ3v) is 4.37. The molecule has 90 valence electrons. The first-order valence-electron chi connectivity index (χ1n) is 6.85. The number of hydrogen-bond donors (Lipinski definition) is 1. The lowest BCUT2D eigenvalue weighted by atomic mass is 9.74. The van der Waals surface area contributed by atoms with E-state index >= 15 is 0 Å². The van der Waals surface area contributed by atoms with Gasteiger partial charge in [-0.1, -0.05) is 40.5 Å². The van der Waals surface area contributed by atoms with Gasteiger partial charge in [0.1, 0.15) is 0 Å². The Hall–Kier alpha value is -0.0400. The van der Waals surface area contributed by atoms with Crippen molar-refractivity contribution < 1.29 is 0 Å². The van der Waals surface area contributed by atoms with Crippen LogP contribution in [-0.2, 0) is 0 Å². The van der Waals surface area contributed by atoms with E-state index in [2.05, 4.69) is 33.0 Å². The van der Waals surface area contributed by atoms with Crippen molar-refractivity contribution in [2.75, 3.05) is 6.54 Å². The highest BCUT2D eigenvalue weighted by Crippen LogP contribution is 2.45. The predicted octanol–water partition coefficient (Wildman–Crippen LogP) is 3.98. The first-order valence-corrected chi connectivity index (χ1v) is 6.85. The summed E-state index contributed by atoms with van der Waals surface area (Å²) in [6.45, 7) is 10.7. The molecule has 1 aliphatic rings. The summed E-state index contributed by atoms with van der Waals surface area (Å²) >= 11 is 0. The summed E-state index contributed by atoms with van der Waals surface area (Å²) < 4.78 is 0. The Morgan fingerprint density at radius 2 is 2.07 bits per heavy atom. The van der Waals surface area contributed by atoms with Crippen molar-refractivity contribution in [2.24, 2.45) is 11.3 Å². The normalized spacial score (nSPS) is 33.2. The summed E-state index contributed by atoms with van der Waals surface area (Å²) in [5.74, 6) is 0.899. The first-order chi connectivity index (χ1) is 7.12. The van der Waals surface area contributed by atoms with Gasteiger partial charge >= 0.3 is 0 Å². The van der Waals surface area contributed by atoms with Crippen LogP contribution in [-0.4, -0.2) is 12.6 Å². The highest BCUT2D eigenvalue weighted by Gasteiger charge is 2.38. The summed E-state index contributed by atoms with van der Waals surface area (Å²) in [5, 5.41) is 3.68. The van der Waals surface area contributed by atoms with Gasteiger partial charge in [0.05, 0.1) is 0 Å². The first kappa shape index (κ1) is 13.0. The standard InChI is InChI=1S/C14H29N/c1-5-7-12(3)14(4)9-8-13(11-14)15-10-6-2/h12-13,15H,5-11H2,1-4H3. The lowest BCUT2D eigenvalue weighted by molar-refractivity contribution is 0.192. The SMILES string of the molecule is CCCNC1CCC(C)(C(C)CCC)C1. The van der Waals surface area contributed by atoms with Crippen LogP contribution in [0.3, 0.4) is 0 Å². The van der Waals surface area contributed by atoms with Crippen molar-refractivity contribution in [2.45, 2.75) is 72.3 Å². The summed E-state index contributed by atoms with van der Waals surface area (Å²) in [5.41, 5.74) is 0.613. The Balaban J connectivity index is 2.38. The topological polar surface area (TPSA) is 12.0 Å². The molecular weight excluding hydrogens is 182 g/mol. The van der Waals surface area contributed by atoms with Gasteiger partial charge in [0.25, 0.3) is 0 Å². The van der Waals surface area contributed by atoms with Crippen molar-refractivity contribution in [3.8, 4) is 0 Å². The van der Waals surface area contributed by atoms with Gasteiger partial charge in [-0.15, -0.1) is 0 Å². The lowest BCUT2D eigenvalue weighted by Crippen LogP contribution is -2.30. The molecule has 0 aromatic heterocycles. The fraction of sp³-hybridized carbons (Fsp3) is 1.00. The minimum atomic E-state index is 0.613. The van der Waals surface area contributed by atoms with Gasteiger partial charge in [-0.3, -0.25) is 0 Å². The van der Waals surface area contributed by atoms with Crippen LogP contribution in [0.25, 0.3) is 0 Å². The largest absolute Gasteiger partial charge is 0.314 e. The molecule has 0 heterocycles. The molecule has 1 heteroatoms. The van der Waals surface area contributed by atoms with E-state index in [0.717, 1.165) is 12.0 Å². The van der Waals surface area contributed by atoms with Crippen molar-refractivity contribution in [1.82, 2.24) is 5.32 Å². The average Bonchev–Trinajstić information content (AvgIpc) is 2.59. The van der Waals surface area contributed by atoms with E-state index < -0.39 is 0 Å². The van der Waals surface area contributed by atoms with Gasteiger partial charge in [0.2, 0.25) is 0 Å². The molecule has 0 spiro atoms. The summed E-state index contributed by atoms with van der Waals surface area (Å²) in [7, 11) is 0. The Bertz CT molecular complexity index is 178. The minimum Gasteiger partial charge on any atom is -0.314 e. The van der Waals surface area contributed by atoms with E-state index in [-0.39, 0.29) is 0 Å².